The van der Waals surface area contributed by atoms with Crippen LogP contribution in [0.15, 0.2) is 0 Å². The highest BCUT2D eigenvalue weighted by molar-refractivity contribution is 8.00. The summed E-state index contributed by atoms with van der Waals surface area (Å²) in [6.45, 7) is 4.85. The van der Waals surface area contributed by atoms with Crippen LogP contribution < -0.4 is 0 Å². The van der Waals surface area contributed by atoms with E-state index in [9.17, 15) is 14.7 Å². The molecule has 2 rings (SSSR count). The van der Waals surface area contributed by atoms with Gasteiger partial charge in [-0.25, -0.2) is 9.59 Å². The molecule has 2 amide bonds. The van der Waals surface area contributed by atoms with Crippen molar-refractivity contribution >= 4 is 23.8 Å². The lowest BCUT2D eigenvalue weighted by Crippen LogP contribution is -2.52. The van der Waals surface area contributed by atoms with E-state index in [2.05, 4.69) is 6.92 Å². The summed E-state index contributed by atoms with van der Waals surface area (Å²) in [6, 6.07) is -0.459. The number of amides is 2. The zero-order valence-electron chi connectivity index (χ0n) is 11.5. The molecule has 0 bridgehead atoms. The molecule has 0 saturated carbocycles. The van der Waals surface area contributed by atoms with Crippen LogP contribution >= 0.6 is 11.8 Å². The molecule has 3 atom stereocenters. The largest absolute Gasteiger partial charge is 0.480 e. The number of thioether (sulfide) groups is 1. The Morgan fingerprint density at radius 3 is 2.63 bits per heavy atom. The van der Waals surface area contributed by atoms with Crippen molar-refractivity contribution < 1.29 is 14.7 Å². The maximum absolute atomic E-state index is 12.7. The van der Waals surface area contributed by atoms with E-state index < -0.39 is 12.0 Å². The summed E-state index contributed by atoms with van der Waals surface area (Å²) in [5, 5.41) is 9.29. The average Bonchev–Trinajstić information content (AvgIpc) is 3.03. The van der Waals surface area contributed by atoms with E-state index in [0.717, 1.165) is 32.2 Å². The van der Waals surface area contributed by atoms with Crippen LogP contribution in [0, 0.1) is 0 Å². The van der Waals surface area contributed by atoms with Gasteiger partial charge in [0.05, 0.1) is 5.37 Å². The molecule has 6 heteroatoms. The molecular formula is C13H22N2O3S. The lowest BCUT2D eigenvalue weighted by atomic mass is 10.2. The van der Waals surface area contributed by atoms with Gasteiger partial charge in [-0.1, -0.05) is 13.8 Å². The highest BCUT2D eigenvalue weighted by Crippen LogP contribution is 2.34. The van der Waals surface area contributed by atoms with Crippen molar-refractivity contribution in [1.82, 2.24) is 9.80 Å². The van der Waals surface area contributed by atoms with Gasteiger partial charge in [0.15, 0.2) is 0 Å². The van der Waals surface area contributed by atoms with Crippen LogP contribution in [-0.4, -0.2) is 56.7 Å². The maximum atomic E-state index is 12.7. The number of rotatable bonds is 3. The van der Waals surface area contributed by atoms with Crippen molar-refractivity contribution in [1.29, 1.82) is 0 Å². The zero-order valence-corrected chi connectivity index (χ0v) is 12.4. The number of carbonyl (C=O) groups is 2. The van der Waals surface area contributed by atoms with Crippen molar-refractivity contribution in [2.45, 2.75) is 57.0 Å². The van der Waals surface area contributed by atoms with Gasteiger partial charge in [-0.2, -0.15) is 0 Å². The fourth-order valence-corrected chi connectivity index (χ4v) is 4.33. The Kier molecular flexibility index (Phi) is 4.60. The van der Waals surface area contributed by atoms with Gasteiger partial charge in [0.1, 0.15) is 6.04 Å². The van der Waals surface area contributed by atoms with Crippen LogP contribution in [0.1, 0.15) is 39.5 Å². The fourth-order valence-electron chi connectivity index (χ4n) is 2.99. The molecular weight excluding hydrogens is 264 g/mol. The Bertz CT molecular complexity index is 364. The quantitative estimate of drug-likeness (QED) is 0.864. The van der Waals surface area contributed by atoms with Crippen LogP contribution in [0.2, 0.25) is 0 Å². The van der Waals surface area contributed by atoms with Gasteiger partial charge in [-0.3, -0.25) is 4.90 Å². The Morgan fingerprint density at radius 2 is 2.05 bits per heavy atom. The number of urea groups is 1. The normalized spacial score (nSPS) is 30.9. The SMILES string of the molecule is CCC1CCCN1C(=O)N1C(CC)SCC1C(=O)O. The monoisotopic (exact) mass is 286 g/mol. The highest BCUT2D eigenvalue weighted by Gasteiger charge is 2.44. The lowest BCUT2D eigenvalue weighted by Gasteiger charge is -2.33. The zero-order chi connectivity index (χ0) is 14.0. The van der Waals surface area contributed by atoms with Gasteiger partial charge in [-0.15, -0.1) is 11.8 Å². The van der Waals surface area contributed by atoms with Gasteiger partial charge < -0.3 is 10.0 Å². The molecule has 0 spiro atoms. The number of carboxylic acids is 1. The van der Waals surface area contributed by atoms with E-state index in [4.69, 9.17) is 0 Å². The number of aliphatic carboxylic acids is 1. The second-order valence-electron chi connectivity index (χ2n) is 5.14. The topological polar surface area (TPSA) is 60.9 Å². The van der Waals surface area contributed by atoms with E-state index in [1.54, 1.807) is 16.7 Å². The van der Waals surface area contributed by atoms with Gasteiger partial charge >= 0.3 is 12.0 Å². The summed E-state index contributed by atoms with van der Waals surface area (Å²) < 4.78 is 0. The van der Waals surface area contributed by atoms with Crippen molar-refractivity contribution in [2.24, 2.45) is 0 Å². The van der Waals surface area contributed by atoms with E-state index in [1.807, 2.05) is 11.8 Å². The van der Waals surface area contributed by atoms with Crippen molar-refractivity contribution in [2.75, 3.05) is 12.3 Å². The number of hydrogen-bond acceptors (Lipinski definition) is 3. The van der Waals surface area contributed by atoms with Crippen LogP contribution in [-0.2, 0) is 4.79 Å². The minimum Gasteiger partial charge on any atom is -0.480 e. The van der Waals surface area contributed by atoms with Gasteiger partial charge in [-0.05, 0) is 25.7 Å². The van der Waals surface area contributed by atoms with Crippen molar-refractivity contribution in [3.05, 3.63) is 0 Å². The van der Waals surface area contributed by atoms with Gasteiger partial charge in [0, 0.05) is 18.3 Å². The molecule has 2 aliphatic heterocycles. The molecule has 108 valence electrons. The smallest absolute Gasteiger partial charge is 0.327 e. The summed E-state index contributed by atoms with van der Waals surface area (Å²) in [6.07, 6.45) is 3.81. The first-order chi connectivity index (χ1) is 9.10. The number of hydrogen-bond donors (Lipinski definition) is 1. The van der Waals surface area contributed by atoms with Crippen LogP contribution in [0.25, 0.3) is 0 Å². The van der Waals surface area contributed by atoms with E-state index in [0.29, 0.717) is 5.75 Å². The summed E-state index contributed by atoms with van der Waals surface area (Å²) in [4.78, 5) is 27.5. The molecule has 0 radical (unpaired) electrons. The predicted molar refractivity (Wildman–Crippen MR) is 75.2 cm³/mol. The van der Waals surface area contributed by atoms with Crippen LogP contribution in [0.3, 0.4) is 0 Å². The summed E-state index contributed by atoms with van der Waals surface area (Å²) in [5.41, 5.74) is 0. The number of carbonyl (C=O) groups excluding carboxylic acids is 1. The third-order valence-electron chi connectivity index (χ3n) is 4.04. The molecule has 0 aromatic carbocycles. The number of nitrogens with zero attached hydrogens (tertiary/aromatic N) is 2. The van der Waals surface area contributed by atoms with Gasteiger partial charge in [0.25, 0.3) is 0 Å². The Morgan fingerprint density at radius 1 is 1.32 bits per heavy atom. The second kappa shape index (κ2) is 6.03. The van der Waals surface area contributed by atoms with E-state index in [1.165, 1.54) is 0 Å². The molecule has 2 fully saturated rings. The summed E-state index contributed by atoms with van der Waals surface area (Å²) >= 11 is 1.58. The third kappa shape index (κ3) is 2.68. The molecule has 0 aliphatic carbocycles. The number of carboxylic acid groups (broad SMARTS) is 1. The maximum Gasteiger partial charge on any atom is 0.327 e. The standard InChI is InChI=1S/C13H22N2O3S/c1-3-9-6-5-7-14(9)13(18)15-10(12(16)17)8-19-11(15)4-2/h9-11H,3-8H2,1-2H3,(H,16,17). The molecule has 2 aliphatic rings. The minimum atomic E-state index is -0.885. The molecule has 2 heterocycles. The molecule has 19 heavy (non-hydrogen) atoms. The predicted octanol–water partition coefficient (Wildman–Crippen LogP) is 2.22. The first-order valence-corrected chi connectivity index (χ1v) is 8.08. The summed E-state index contributed by atoms with van der Waals surface area (Å²) in [5.74, 6) is -0.381. The molecule has 1 N–H and O–H groups in total. The summed E-state index contributed by atoms with van der Waals surface area (Å²) in [7, 11) is 0. The lowest BCUT2D eigenvalue weighted by molar-refractivity contribution is -0.141. The van der Waals surface area contributed by atoms with Crippen molar-refractivity contribution in [3.8, 4) is 0 Å². The second-order valence-corrected chi connectivity index (χ2v) is 6.35. The van der Waals surface area contributed by atoms with Crippen LogP contribution in [0.5, 0.6) is 0 Å². The average molecular weight is 286 g/mol. The Labute approximate surface area is 118 Å². The van der Waals surface area contributed by atoms with Crippen LogP contribution in [0.4, 0.5) is 4.79 Å². The number of likely N-dealkylation sites (tertiary alicyclic amines) is 1. The molecule has 0 aromatic rings. The fraction of sp³-hybridized carbons (Fsp3) is 0.846. The van der Waals surface area contributed by atoms with E-state index in [-0.39, 0.29) is 17.4 Å². The minimum absolute atomic E-state index is 0.00621. The van der Waals surface area contributed by atoms with E-state index >= 15 is 0 Å². The first kappa shape index (κ1) is 14.5. The molecule has 0 aromatic heterocycles. The molecule has 2 saturated heterocycles. The first-order valence-electron chi connectivity index (χ1n) is 7.03. The third-order valence-corrected chi connectivity index (χ3v) is 5.50. The highest BCUT2D eigenvalue weighted by atomic mass is 32.2. The molecule has 5 nitrogen and oxygen atoms in total. The van der Waals surface area contributed by atoms with Gasteiger partial charge in [0.2, 0.25) is 0 Å². The van der Waals surface area contributed by atoms with Crippen molar-refractivity contribution in [3.63, 3.8) is 0 Å². The Hall–Kier alpha value is -0.910. The molecule has 3 unspecified atom stereocenters. The Balaban J connectivity index is 2.16.